The minimum absolute atomic E-state index is 0.0715. The summed E-state index contributed by atoms with van der Waals surface area (Å²) in [6.07, 6.45) is 0. The standard InChI is InChI=1S/C22H19N3O4/c23-17-10-12-18(13-11-17)24-21(27)19(14-4-2-1-3-5-14)25-20(26)15-6-8-16(9-7-15)22(28)29/h1-13,19H,23H2,(H,24,27)(H,25,26)(H,28,29). The topological polar surface area (TPSA) is 122 Å². The molecule has 7 nitrogen and oxygen atoms in total. The summed E-state index contributed by atoms with van der Waals surface area (Å²) in [4.78, 5) is 36.5. The van der Waals surface area contributed by atoms with Crippen molar-refractivity contribution >= 4 is 29.2 Å². The Labute approximate surface area is 167 Å². The number of hydrogen-bond acceptors (Lipinski definition) is 4. The number of aromatic carboxylic acids is 1. The first-order valence-corrected chi connectivity index (χ1v) is 8.79. The van der Waals surface area contributed by atoms with E-state index in [1.54, 1.807) is 48.5 Å². The summed E-state index contributed by atoms with van der Waals surface area (Å²) in [6.45, 7) is 0. The maximum atomic E-state index is 12.9. The Hall–Kier alpha value is -4.13. The van der Waals surface area contributed by atoms with Crippen LogP contribution in [0.15, 0.2) is 78.9 Å². The quantitative estimate of drug-likeness (QED) is 0.483. The molecule has 3 aromatic carbocycles. The van der Waals surface area contributed by atoms with Crippen molar-refractivity contribution in [1.29, 1.82) is 0 Å². The number of hydrogen-bond donors (Lipinski definition) is 4. The summed E-state index contributed by atoms with van der Waals surface area (Å²) >= 11 is 0. The van der Waals surface area contributed by atoms with E-state index in [0.717, 1.165) is 0 Å². The number of carbonyl (C=O) groups is 3. The lowest BCUT2D eigenvalue weighted by Gasteiger charge is -2.19. The van der Waals surface area contributed by atoms with Crippen LogP contribution in [-0.2, 0) is 4.79 Å². The normalized spacial score (nSPS) is 11.3. The molecule has 146 valence electrons. The molecule has 5 N–H and O–H groups in total. The summed E-state index contributed by atoms with van der Waals surface area (Å²) in [6, 6.07) is 20.0. The second-order valence-electron chi connectivity index (χ2n) is 6.31. The van der Waals surface area contributed by atoms with Crippen LogP contribution in [0.5, 0.6) is 0 Å². The zero-order valence-corrected chi connectivity index (χ0v) is 15.3. The molecule has 0 radical (unpaired) electrons. The molecule has 1 atom stereocenters. The van der Waals surface area contributed by atoms with E-state index in [9.17, 15) is 14.4 Å². The van der Waals surface area contributed by atoms with Gasteiger partial charge in [0.15, 0.2) is 0 Å². The maximum Gasteiger partial charge on any atom is 0.335 e. The van der Waals surface area contributed by atoms with Crippen molar-refractivity contribution in [1.82, 2.24) is 5.32 Å². The molecular weight excluding hydrogens is 370 g/mol. The number of benzene rings is 3. The van der Waals surface area contributed by atoms with E-state index < -0.39 is 23.8 Å². The minimum Gasteiger partial charge on any atom is -0.478 e. The largest absolute Gasteiger partial charge is 0.478 e. The molecular formula is C22H19N3O4. The van der Waals surface area contributed by atoms with E-state index in [1.165, 1.54) is 24.3 Å². The molecule has 7 heteroatoms. The Kier molecular flexibility index (Phi) is 5.89. The van der Waals surface area contributed by atoms with E-state index >= 15 is 0 Å². The Morgan fingerprint density at radius 1 is 0.793 bits per heavy atom. The van der Waals surface area contributed by atoms with Crippen LogP contribution in [0.4, 0.5) is 11.4 Å². The van der Waals surface area contributed by atoms with Gasteiger partial charge in [-0.1, -0.05) is 30.3 Å². The van der Waals surface area contributed by atoms with Crippen LogP contribution in [0.2, 0.25) is 0 Å². The average molecular weight is 389 g/mol. The van der Waals surface area contributed by atoms with Gasteiger partial charge < -0.3 is 21.5 Å². The molecule has 1 unspecified atom stereocenters. The number of carboxylic acids is 1. The number of anilines is 2. The number of amides is 2. The third kappa shape index (κ3) is 4.98. The first-order chi connectivity index (χ1) is 13.9. The minimum atomic E-state index is -1.08. The summed E-state index contributed by atoms with van der Waals surface area (Å²) in [7, 11) is 0. The smallest absolute Gasteiger partial charge is 0.335 e. The highest BCUT2D eigenvalue weighted by Gasteiger charge is 2.23. The first-order valence-electron chi connectivity index (χ1n) is 8.79. The van der Waals surface area contributed by atoms with Crippen LogP contribution in [0.25, 0.3) is 0 Å². The van der Waals surface area contributed by atoms with Gasteiger partial charge in [0.05, 0.1) is 5.56 Å². The lowest BCUT2D eigenvalue weighted by Crippen LogP contribution is -2.37. The van der Waals surface area contributed by atoms with Gasteiger partial charge >= 0.3 is 5.97 Å². The average Bonchev–Trinajstić information content (AvgIpc) is 2.74. The Balaban J connectivity index is 1.81. The van der Waals surface area contributed by atoms with Gasteiger partial charge in [0, 0.05) is 16.9 Å². The van der Waals surface area contributed by atoms with Crippen LogP contribution < -0.4 is 16.4 Å². The highest BCUT2D eigenvalue weighted by molar-refractivity contribution is 6.02. The SMILES string of the molecule is Nc1ccc(NC(=O)C(NC(=O)c2ccc(C(=O)O)cc2)c2ccccc2)cc1. The molecule has 3 rings (SSSR count). The van der Waals surface area contributed by atoms with E-state index in [-0.39, 0.29) is 11.1 Å². The molecule has 0 aliphatic rings. The van der Waals surface area contributed by atoms with E-state index in [1.807, 2.05) is 6.07 Å². The number of nitrogens with two attached hydrogens (primary N) is 1. The van der Waals surface area contributed by atoms with Crippen molar-refractivity contribution in [3.05, 3.63) is 95.6 Å². The highest BCUT2D eigenvalue weighted by atomic mass is 16.4. The van der Waals surface area contributed by atoms with Crippen LogP contribution in [-0.4, -0.2) is 22.9 Å². The first kappa shape index (κ1) is 19.6. The Morgan fingerprint density at radius 2 is 1.38 bits per heavy atom. The Morgan fingerprint density at radius 3 is 1.97 bits per heavy atom. The van der Waals surface area contributed by atoms with Crippen molar-refractivity contribution in [2.45, 2.75) is 6.04 Å². The van der Waals surface area contributed by atoms with E-state index in [4.69, 9.17) is 10.8 Å². The molecule has 0 spiro atoms. The fourth-order valence-corrected chi connectivity index (χ4v) is 2.71. The molecule has 0 bridgehead atoms. The van der Waals surface area contributed by atoms with Gasteiger partial charge in [-0.05, 0) is 54.1 Å². The number of rotatable bonds is 6. The summed E-state index contributed by atoms with van der Waals surface area (Å²) in [5, 5.41) is 14.4. The van der Waals surface area contributed by atoms with Crippen LogP contribution in [0, 0.1) is 0 Å². The predicted octanol–water partition coefficient (Wildman–Crippen LogP) is 3.08. The van der Waals surface area contributed by atoms with Crippen molar-refractivity contribution in [2.75, 3.05) is 11.1 Å². The van der Waals surface area contributed by atoms with Gasteiger partial charge in [-0.15, -0.1) is 0 Å². The summed E-state index contributed by atoms with van der Waals surface area (Å²) in [5.74, 6) is -2.00. The van der Waals surface area contributed by atoms with Crippen molar-refractivity contribution in [2.24, 2.45) is 0 Å². The molecule has 0 fully saturated rings. The lowest BCUT2D eigenvalue weighted by atomic mass is 10.0. The molecule has 0 aliphatic carbocycles. The molecule has 0 saturated heterocycles. The second kappa shape index (κ2) is 8.71. The second-order valence-corrected chi connectivity index (χ2v) is 6.31. The molecule has 0 aromatic heterocycles. The van der Waals surface area contributed by atoms with Gasteiger partial charge in [-0.25, -0.2) is 4.79 Å². The molecule has 3 aromatic rings. The van der Waals surface area contributed by atoms with Crippen LogP contribution >= 0.6 is 0 Å². The highest BCUT2D eigenvalue weighted by Crippen LogP contribution is 2.18. The lowest BCUT2D eigenvalue weighted by molar-refractivity contribution is -0.118. The molecule has 0 aliphatic heterocycles. The fourth-order valence-electron chi connectivity index (χ4n) is 2.71. The predicted molar refractivity (Wildman–Crippen MR) is 110 cm³/mol. The summed E-state index contributed by atoms with van der Waals surface area (Å²) < 4.78 is 0. The van der Waals surface area contributed by atoms with Crippen molar-refractivity contribution in [3.8, 4) is 0 Å². The monoisotopic (exact) mass is 389 g/mol. The Bertz CT molecular complexity index is 1020. The van der Waals surface area contributed by atoms with Crippen LogP contribution in [0.1, 0.15) is 32.3 Å². The zero-order valence-electron chi connectivity index (χ0n) is 15.3. The van der Waals surface area contributed by atoms with E-state index in [0.29, 0.717) is 16.9 Å². The van der Waals surface area contributed by atoms with Crippen molar-refractivity contribution < 1.29 is 19.5 Å². The number of carboxylic acid groups (broad SMARTS) is 1. The third-order valence-electron chi connectivity index (χ3n) is 4.24. The van der Waals surface area contributed by atoms with Gasteiger partial charge in [0.25, 0.3) is 11.8 Å². The summed E-state index contributed by atoms with van der Waals surface area (Å²) in [5.41, 5.74) is 7.70. The molecule has 29 heavy (non-hydrogen) atoms. The third-order valence-corrected chi connectivity index (χ3v) is 4.24. The number of nitrogens with one attached hydrogen (secondary N) is 2. The van der Waals surface area contributed by atoms with Gasteiger partial charge in [0.2, 0.25) is 0 Å². The molecule has 0 heterocycles. The van der Waals surface area contributed by atoms with Crippen molar-refractivity contribution in [3.63, 3.8) is 0 Å². The number of nitrogen functional groups attached to an aromatic ring is 1. The van der Waals surface area contributed by atoms with Crippen LogP contribution in [0.3, 0.4) is 0 Å². The molecule has 0 saturated carbocycles. The zero-order chi connectivity index (χ0) is 20.8. The van der Waals surface area contributed by atoms with Gasteiger partial charge in [-0.2, -0.15) is 0 Å². The number of carbonyl (C=O) groups excluding carboxylic acids is 2. The van der Waals surface area contributed by atoms with E-state index in [2.05, 4.69) is 10.6 Å². The fraction of sp³-hybridized carbons (Fsp3) is 0.0455. The van der Waals surface area contributed by atoms with Gasteiger partial charge in [0.1, 0.15) is 6.04 Å². The van der Waals surface area contributed by atoms with Gasteiger partial charge in [-0.3, -0.25) is 9.59 Å². The molecule has 2 amide bonds. The maximum absolute atomic E-state index is 12.9.